The van der Waals surface area contributed by atoms with E-state index in [9.17, 15) is 9.90 Å². The van der Waals surface area contributed by atoms with E-state index < -0.39 is 6.10 Å². The Bertz CT molecular complexity index is 420. The molecule has 0 saturated carbocycles. The molecule has 2 heteroatoms. The summed E-state index contributed by atoms with van der Waals surface area (Å²) in [5.74, 6) is 0.0710. The molecule has 110 valence electrons. The van der Waals surface area contributed by atoms with Crippen molar-refractivity contribution in [3.8, 4) is 0 Å². The number of Topliss-reactive ketones (excluding diaryl/α,β-unsaturated/α-hetero) is 1. The molecule has 0 fully saturated rings. The highest BCUT2D eigenvalue weighted by molar-refractivity contribution is 5.95. The second-order valence-corrected chi connectivity index (χ2v) is 5.12. The van der Waals surface area contributed by atoms with Crippen LogP contribution in [0.25, 0.3) is 0 Å². The molecule has 1 aromatic carbocycles. The lowest BCUT2D eigenvalue weighted by atomic mass is 9.96. The first-order chi connectivity index (χ1) is 9.69. The Kier molecular flexibility index (Phi) is 7.89. The van der Waals surface area contributed by atoms with E-state index >= 15 is 0 Å². The molecular weight excluding hydrogens is 248 g/mol. The molecule has 1 rings (SSSR count). The van der Waals surface area contributed by atoms with E-state index in [0.717, 1.165) is 25.7 Å². The van der Waals surface area contributed by atoms with Gasteiger partial charge in [-0.05, 0) is 24.8 Å². The predicted molar refractivity (Wildman–Crippen MR) is 83.7 cm³/mol. The summed E-state index contributed by atoms with van der Waals surface area (Å²) in [6.07, 6.45) is 6.19. The number of aryl methyl sites for hydroxylation is 1. The Labute approximate surface area is 122 Å². The molecule has 0 bridgehead atoms. The number of hydrogen-bond acceptors (Lipinski definition) is 2. The van der Waals surface area contributed by atoms with Crippen molar-refractivity contribution in [1.29, 1.82) is 0 Å². The minimum Gasteiger partial charge on any atom is -0.388 e. The first kappa shape index (κ1) is 16.6. The van der Waals surface area contributed by atoms with E-state index in [2.05, 4.69) is 19.1 Å². The first-order valence-electron chi connectivity index (χ1n) is 7.64. The van der Waals surface area contributed by atoms with Gasteiger partial charge >= 0.3 is 0 Å². The molecule has 0 heterocycles. The minimum atomic E-state index is -0.639. The van der Waals surface area contributed by atoms with E-state index in [1.165, 1.54) is 5.56 Å². The quantitative estimate of drug-likeness (QED) is 0.544. The van der Waals surface area contributed by atoms with E-state index in [-0.39, 0.29) is 5.78 Å². The van der Waals surface area contributed by atoms with Crippen LogP contribution in [0.5, 0.6) is 0 Å². The number of allylic oxidation sites excluding steroid dienone is 1. The molecule has 1 aromatic rings. The number of rotatable bonds is 9. The van der Waals surface area contributed by atoms with Gasteiger partial charge < -0.3 is 5.11 Å². The Hall–Kier alpha value is -1.41. The van der Waals surface area contributed by atoms with Gasteiger partial charge in [0.25, 0.3) is 0 Å². The lowest BCUT2D eigenvalue weighted by Gasteiger charge is -2.14. The van der Waals surface area contributed by atoms with Gasteiger partial charge in [0.2, 0.25) is 0 Å². The Morgan fingerprint density at radius 2 is 1.95 bits per heavy atom. The zero-order valence-electron chi connectivity index (χ0n) is 12.6. The molecule has 0 aliphatic rings. The van der Waals surface area contributed by atoms with Crippen molar-refractivity contribution in [3.05, 3.63) is 47.5 Å². The maximum absolute atomic E-state index is 11.9. The first-order valence-corrected chi connectivity index (χ1v) is 7.64. The maximum Gasteiger partial charge on any atom is 0.160 e. The van der Waals surface area contributed by atoms with Gasteiger partial charge in [-0.15, -0.1) is 0 Å². The summed E-state index contributed by atoms with van der Waals surface area (Å²) >= 11 is 0. The third-order valence-corrected chi connectivity index (χ3v) is 3.47. The number of carbonyl (C=O) groups excluding carboxylic acids is 1. The van der Waals surface area contributed by atoms with E-state index in [1.807, 2.05) is 31.2 Å². The van der Waals surface area contributed by atoms with Crippen molar-refractivity contribution in [2.45, 2.75) is 58.5 Å². The second-order valence-electron chi connectivity index (χ2n) is 5.12. The predicted octanol–water partition coefficient (Wildman–Crippen LogP) is 4.08. The molecule has 0 radical (unpaired) electrons. The summed E-state index contributed by atoms with van der Waals surface area (Å²) in [4.78, 5) is 11.9. The number of unbranched alkanes of at least 4 members (excludes halogenated alkanes) is 2. The molecule has 1 N–H and O–H groups in total. The summed E-state index contributed by atoms with van der Waals surface area (Å²) in [7, 11) is 0. The minimum absolute atomic E-state index is 0.0710. The van der Waals surface area contributed by atoms with Crippen molar-refractivity contribution in [2.24, 2.45) is 0 Å². The van der Waals surface area contributed by atoms with E-state index in [4.69, 9.17) is 0 Å². The molecule has 0 aliphatic carbocycles. The highest BCUT2D eigenvalue weighted by Crippen LogP contribution is 2.15. The molecule has 20 heavy (non-hydrogen) atoms. The monoisotopic (exact) mass is 274 g/mol. The number of aliphatic hydroxyl groups is 1. The summed E-state index contributed by atoms with van der Waals surface area (Å²) in [5, 5.41) is 10.3. The Morgan fingerprint density at radius 3 is 2.55 bits per heavy atom. The van der Waals surface area contributed by atoms with Gasteiger partial charge in [-0.1, -0.05) is 63.1 Å². The molecule has 0 aliphatic heterocycles. The van der Waals surface area contributed by atoms with Crippen LogP contribution in [0.1, 0.15) is 51.5 Å². The smallest absolute Gasteiger partial charge is 0.160 e. The number of aliphatic hydroxyl groups excluding tert-OH is 1. The fraction of sp³-hybridized carbons (Fsp3) is 0.500. The van der Waals surface area contributed by atoms with Crippen LogP contribution >= 0.6 is 0 Å². The molecule has 0 saturated heterocycles. The number of carbonyl (C=O) groups is 1. The number of hydrogen-bond donors (Lipinski definition) is 1. The molecule has 0 spiro atoms. The highest BCUT2D eigenvalue weighted by atomic mass is 16.3. The fourth-order valence-corrected chi connectivity index (χ4v) is 2.21. The Balaban J connectivity index is 2.61. The van der Waals surface area contributed by atoms with Crippen molar-refractivity contribution in [1.82, 2.24) is 0 Å². The van der Waals surface area contributed by atoms with Gasteiger partial charge in [-0.2, -0.15) is 0 Å². The third-order valence-electron chi connectivity index (χ3n) is 3.47. The SMILES string of the molecule is CCCC/C=C(\C(=O)CC)C(O)CCc1ccccc1. The van der Waals surface area contributed by atoms with Crippen molar-refractivity contribution < 1.29 is 9.90 Å². The molecule has 1 unspecified atom stereocenters. The number of benzene rings is 1. The zero-order chi connectivity index (χ0) is 14.8. The topological polar surface area (TPSA) is 37.3 Å². The molecule has 0 aromatic heterocycles. The second kappa shape index (κ2) is 9.49. The molecule has 0 amide bonds. The highest BCUT2D eigenvalue weighted by Gasteiger charge is 2.16. The van der Waals surface area contributed by atoms with Crippen molar-refractivity contribution in [3.63, 3.8) is 0 Å². The standard InChI is InChI=1S/C18H26O2/c1-3-5-7-12-16(17(19)4-2)18(20)14-13-15-10-8-6-9-11-15/h6,8-12,18,20H,3-5,7,13-14H2,1-2H3/b16-12+. The average Bonchev–Trinajstić information content (AvgIpc) is 2.49. The number of ketones is 1. The van der Waals surface area contributed by atoms with Crippen molar-refractivity contribution in [2.75, 3.05) is 0 Å². The van der Waals surface area contributed by atoms with Crippen molar-refractivity contribution >= 4 is 5.78 Å². The molecule has 2 nitrogen and oxygen atoms in total. The van der Waals surface area contributed by atoms with Crippen LogP contribution in [0.2, 0.25) is 0 Å². The summed E-state index contributed by atoms with van der Waals surface area (Å²) in [6.45, 7) is 3.97. The van der Waals surface area contributed by atoms with Crippen LogP contribution in [0.15, 0.2) is 42.0 Å². The Morgan fingerprint density at radius 1 is 1.25 bits per heavy atom. The lowest BCUT2D eigenvalue weighted by Crippen LogP contribution is -2.18. The van der Waals surface area contributed by atoms with Gasteiger partial charge in [0, 0.05) is 12.0 Å². The van der Waals surface area contributed by atoms with Crippen LogP contribution in [0.3, 0.4) is 0 Å². The summed E-state index contributed by atoms with van der Waals surface area (Å²) < 4.78 is 0. The fourth-order valence-electron chi connectivity index (χ4n) is 2.21. The van der Waals surface area contributed by atoms with Crippen LogP contribution in [0.4, 0.5) is 0 Å². The van der Waals surface area contributed by atoms with Gasteiger partial charge in [0.05, 0.1) is 6.10 Å². The van der Waals surface area contributed by atoms with Gasteiger partial charge in [0.1, 0.15) is 0 Å². The lowest BCUT2D eigenvalue weighted by molar-refractivity contribution is -0.116. The largest absolute Gasteiger partial charge is 0.388 e. The zero-order valence-corrected chi connectivity index (χ0v) is 12.6. The van der Waals surface area contributed by atoms with Crippen LogP contribution in [-0.4, -0.2) is 17.0 Å². The summed E-state index contributed by atoms with van der Waals surface area (Å²) in [5.41, 5.74) is 1.81. The van der Waals surface area contributed by atoms with Gasteiger partial charge in [-0.3, -0.25) is 4.79 Å². The third kappa shape index (κ3) is 5.70. The van der Waals surface area contributed by atoms with Gasteiger partial charge in [-0.25, -0.2) is 0 Å². The molecular formula is C18H26O2. The van der Waals surface area contributed by atoms with E-state index in [0.29, 0.717) is 18.4 Å². The van der Waals surface area contributed by atoms with Crippen LogP contribution in [-0.2, 0) is 11.2 Å². The average molecular weight is 274 g/mol. The molecule has 1 atom stereocenters. The maximum atomic E-state index is 11.9. The summed E-state index contributed by atoms with van der Waals surface area (Å²) in [6, 6.07) is 10.1. The van der Waals surface area contributed by atoms with Crippen LogP contribution < -0.4 is 0 Å². The van der Waals surface area contributed by atoms with Gasteiger partial charge in [0.15, 0.2) is 5.78 Å². The van der Waals surface area contributed by atoms with E-state index in [1.54, 1.807) is 0 Å². The normalized spacial score (nSPS) is 13.2. The van der Waals surface area contributed by atoms with Crippen LogP contribution in [0, 0.1) is 0 Å².